The zero-order valence-corrected chi connectivity index (χ0v) is 21.8. The summed E-state index contributed by atoms with van der Waals surface area (Å²) in [7, 11) is 0. The molecule has 0 aliphatic rings. The van der Waals surface area contributed by atoms with Crippen LogP contribution in [0, 0.1) is 0 Å². The molecule has 0 aliphatic carbocycles. The Labute approximate surface area is 231 Å². The third-order valence-corrected chi connectivity index (χ3v) is 5.20. The molecule has 9 nitrogen and oxygen atoms in total. The van der Waals surface area contributed by atoms with Crippen molar-refractivity contribution in [3.8, 4) is 23.0 Å². The van der Waals surface area contributed by atoms with E-state index in [-0.39, 0.29) is 28.7 Å². The molecule has 4 N–H and O–H groups in total. The van der Waals surface area contributed by atoms with Crippen molar-refractivity contribution in [3.63, 3.8) is 0 Å². The van der Waals surface area contributed by atoms with Gasteiger partial charge in [0.2, 0.25) is 5.91 Å². The van der Waals surface area contributed by atoms with Gasteiger partial charge in [0.25, 0.3) is 0 Å². The zero-order valence-electron chi connectivity index (χ0n) is 21.8. The van der Waals surface area contributed by atoms with Gasteiger partial charge in [0.05, 0.1) is 13.1 Å². The number of hydrogen-bond acceptors (Lipinski definition) is 8. The van der Waals surface area contributed by atoms with Gasteiger partial charge in [-0.25, -0.2) is 4.79 Å². The summed E-state index contributed by atoms with van der Waals surface area (Å²) in [6.07, 6.45) is 3.26. The first-order valence-corrected chi connectivity index (χ1v) is 12.3. The van der Waals surface area contributed by atoms with E-state index in [2.05, 4.69) is 15.3 Å². The molecule has 0 saturated carbocycles. The minimum absolute atomic E-state index is 0.0958. The predicted molar refractivity (Wildman–Crippen MR) is 155 cm³/mol. The normalized spacial score (nSPS) is 10.6. The Morgan fingerprint density at radius 3 is 1.65 bits per heavy atom. The van der Waals surface area contributed by atoms with Gasteiger partial charge in [-0.3, -0.25) is 14.8 Å². The van der Waals surface area contributed by atoms with Crippen LogP contribution >= 0.6 is 0 Å². The summed E-state index contributed by atoms with van der Waals surface area (Å²) in [5, 5.41) is 31.2. The lowest BCUT2D eigenvalue weighted by Crippen LogP contribution is -2.09. The zero-order chi connectivity index (χ0) is 28.7. The molecule has 0 spiro atoms. The number of para-hydroxylation sites is 3. The molecule has 9 heteroatoms. The number of ether oxygens (including phenoxy) is 1. The molecule has 4 aromatic rings. The largest absolute Gasteiger partial charge is 0.507 e. The van der Waals surface area contributed by atoms with Crippen molar-refractivity contribution >= 4 is 30.0 Å². The SMILES string of the molecule is CC(=O)Nc1ccc(OC(=O)c2ccccc2O)cc1.Oc1ccccc1C=NCCN=Cc1ccccc1O. The van der Waals surface area contributed by atoms with Crippen molar-refractivity contribution in [2.24, 2.45) is 9.98 Å². The summed E-state index contributed by atoms with van der Waals surface area (Å²) in [5.74, 6) is -0.193. The molecule has 0 bridgehead atoms. The number of nitrogens with zero attached hydrogens (tertiary/aromatic N) is 2. The van der Waals surface area contributed by atoms with Crippen LogP contribution in [0.1, 0.15) is 28.4 Å². The second-order valence-corrected chi connectivity index (χ2v) is 8.30. The molecule has 0 aliphatic heterocycles. The number of aromatic hydroxyl groups is 3. The van der Waals surface area contributed by atoms with Crippen LogP contribution in [-0.2, 0) is 4.79 Å². The fraction of sp³-hybridized carbons (Fsp3) is 0.0968. The van der Waals surface area contributed by atoms with Gasteiger partial charge in [-0.2, -0.15) is 0 Å². The molecular formula is C31H29N3O6. The van der Waals surface area contributed by atoms with E-state index >= 15 is 0 Å². The second kappa shape index (κ2) is 15.1. The van der Waals surface area contributed by atoms with Crippen molar-refractivity contribution in [1.82, 2.24) is 0 Å². The molecule has 0 fully saturated rings. The average Bonchev–Trinajstić information content (AvgIpc) is 2.94. The third-order valence-electron chi connectivity index (χ3n) is 5.20. The minimum atomic E-state index is -0.643. The van der Waals surface area contributed by atoms with Gasteiger partial charge in [0.1, 0.15) is 28.6 Å². The smallest absolute Gasteiger partial charge is 0.347 e. The quantitative estimate of drug-likeness (QED) is 0.105. The van der Waals surface area contributed by atoms with Crippen molar-refractivity contribution in [1.29, 1.82) is 0 Å². The van der Waals surface area contributed by atoms with E-state index in [1.165, 1.54) is 19.1 Å². The highest BCUT2D eigenvalue weighted by molar-refractivity contribution is 5.94. The first kappa shape index (κ1) is 29.1. The van der Waals surface area contributed by atoms with Gasteiger partial charge in [-0.15, -0.1) is 0 Å². The molecule has 4 aromatic carbocycles. The lowest BCUT2D eigenvalue weighted by molar-refractivity contribution is -0.114. The number of esters is 1. The molecular weight excluding hydrogens is 510 g/mol. The number of nitrogens with one attached hydrogen (secondary N) is 1. The van der Waals surface area contributed by atoms with Crippen molar-refractivity contribution in [2.75, 3.05) is 18.4 Å². The molecule has 0 aromatic heterocycles. The van der Waals surface area contributed by atoms with Crippen LogP contribution in [0.25, 0.3) is 0 Å². The fourth-order valence-corrected chi connectivity index (χ4v) is 3.25. The Bertz CT molecular complexity index is 1430. The van der Waals surface area contributed by atoms with Gasteiger partial charge in [-0.05, 0) is 60.7 Å². The summed E-state index contributed by atoms with van der Waals surface area (Å²) < 4.78 is 5.13. The molecule has 0 atom stereocenters. The van der Waals surface area contributed by atoms with Gasteiger partial charge in [0, 0.05) is 36.2 Å². The summed E-state index contributed by atoms with van der Waals surface area (Å²) in [5.41, 5.74) is 2.09. The summed E-state index contributed by atoms with van der Waals surface area (Å²) >= 11 is 0. The summed E-state index contributed by atoms with van der Waals surface area (Å²) in [6.45, 7) is 2.46. The molecule has 4 rings (SSSR count). The van der Waals surface area contributed by atoms with E-state index in [9.17, 15) is 24.9 Å². The first-order valence-electron chi connectivity index (χ1n) is 12.3. The van der Waals surface area contributed by atoms with Crippen molar-refractivity contribution < 1.29 is 29.6 Å². The monoisotopic (exact) mass is 539 g/mol. The third kappa shape index (κ3) is 9.46. The fourth-order valence-electron chi connectivity index (χ4n) is 3.25. The van der Waals surface area contributed by atoms with Gasteiger partial charge in [-0.1, -0.05) is 36.4 Å². The highest BCUT2D eigenvalue weighted by Gasteiger charge is 2.12. The topological polar surface area (TPSA) is 141 Å². The van der Waals surface area contributed by atoms with Crippen LogP contribution in [0.2, 0.25) is 0 Å². The molecule has 1 amide bonds. The van der Waals surface area contributed by atoms with Crippen molar-refractivity contribution in [3.05, 3.63) is 114 Å². The van der Waals surface area contributed by atoms with Crippen LogP contribution in [0.5, 0.6) is 23.0 Å². The van der Waals surface area contributed by atoms with E-state index < -0.39 is 5.97 Å². The van der Waals surface area contributed by atoms with E-state index in [1.807, 2.05) is 12.1 Å². The number of amides is 1. The van der Waals surface area contributed by atoms with Crippen LogP contribution in [0.3, 0.4) is 0 Å². The maximum atomic E-state index is 11.8. The number of anilines is 1. The van der Waals surface area contributed by atoms with E-state index in [0.717, 1.165) is 0 Å². The minimum Gasteiger partial charge on any atom is -0.507 e. The number of aliphatic imine (C=N–C) groups is 2. The Morgan fingerprint density at radius 2 is 1.18 bits per heavy atom. The van der Waals surface area contributed by atoms with E-state index in [1.54, 1.807) is 85.2 Å². The molecule has 40 heavy (non-hydrogen) atoms. The van der Waals surface area contributed by atoms with Gasteiger partial charge < -0.3 is 25.4 Å². The van der Waals surface area contributed by atoms with Crippen LogP contribution in [-0.4, -0.2) is 52.7 Å². The number of hydrogen-bond donors (Lipinski definition) is 4. The van der Waals surface area contributed by atoms with Crippen molar-refractivity contribution in [2.45, 2.75) is 6.92 Å². The highest BCUT2D eigenvalue weighted by Crippen LogP contribution is 2.21. The molecule has 0 unspecified atom stereocenters. The Balaban J connectivity index is 0.000000220. The number of carbonyl (C=O) groups excluding carboxylic acids is 2. The maximum absolute atomic E-state index is 11.8. The Kier molecular flexibility index (Phi) is 11.0. The Morgan fingerprint density at radius 1 is 0.700 bits per heavy atom. The number of carbonyl (C=O) groups is 2. The van der Waals surface area contributed by atoms with E-state index in [0.29, 0.717) is 35.7 Å². The van der Waals surface area contributed by atoms with E-state index in [4.69, 9.17) is 4.74 Å². The molecule has 0 heterocycles. The summed E-state index contributed by atoms with van der Waals surface area (Å²) in [6, 6.07) is 26.6. The maximum Gasteiger partial charge on any atom is 0.347 e. The van der Waals surface area contributed by atoms with Gasteiger partial charge in [0.15, 0.2) is 0 Å². The number of phenolic OH excluding ortho intramolecular Hbond substituents is 3. The Hall–Kier alpha value is -5.44. The van der Waals surface area contributed by atoms with Crippen LogP contribution in [0.4, 0.5) is 5.69 Å². The lowest BCUT2D eigenvalue weighted by atomic mass is 10.2. The standard InChI is InChI=1S/C16H16N2O2.C15H13NO4/c19-15-7-3-1-5-13(15)11-17-9-10-18-12-14-6-2-4-8-16(14)20;1-10(17)16-11-6-8-12(9-7-11)20-15(19)13-4-2-3-5-14(13)18/h1-8,11-12,19-20H,9-10H2;2-9,18H,1H3,(H,16,17). The van der Waals surface area contributed by atoms with Crippen LogP contribution < -0.4 is 10.1 Å². The average molecular weight is 540 g/mol. The lowest BCUT2D eigenvalue weighted by Gasteiger charge is -2.07. The molecule has 0 radical (unpaired) electrons. The predicted octanol–water partition coefficient (Wildman–Crippen LogP) is 5.21. The van der Waals surface area contributed by atoms with Gasteiger partial charge >= 0.3 is 5.97 Å². The molecule has 0 saturated heterocycles. The number of rotatable bonds is 8. The molecule has 204 valence electrons. The highest BCUT2D eigenvalue weighted by atomic mass is 16.5. The van der Waals surface area contributed by atoms with Crippen LogP contribution in [0.15, 0.2) is 107 Å². The number of benzene rings is 4. The number of phenols is 3. The summed E-state index contributed by atoms with van der Waals surface area (Å²) in [4.78, 5) is 31.1. The first-order chi connectivity index (χ1) is 19.3. The second-order valence-electron chi connectivity index (χ2n) is 8.30.